The van der Waals surface area contributed by atoms with Gasteiger partial charge in [0.25, 0.3) is 0 Å². The lowest BCUT2D eigenvalue weighted by atomic mass is 10.0. The summed E-state index contributed by atoms with van der Waals surface area (Å²) >= 11 is 3.16. The second kappa shape index (κ2) is 5.61. The Hall–Kier alpha value is -1.55. The van der Waals surface area contributed by atoms with Crippen LogP contribution < -0.4 is 0 Å². The zero-order valence-corrected chi connectivity index (χ0v) is 12.3. The first kappa shape index (κ1) is 13.9. The third kappa shape index (κ3) is 3.07. The van der Waals surface area contributed by atoms with E-state index in [0.717, 1.165) is 11.1 Å². The van der Waals surface area contributed by atoms with E-state index in [-0.39, 0.29) is 18.0 Å². The molecule has 2 aromatic rings. The van der Waals surface area contributed by atoms with Gasteiger partial charge in [0.15, 0.2) is 5.78 Å². The number of carbonyl (C=O) groups is 1. The Balaban J connectivity index is 2.28. The van der Waals surface area contributed by atoms with Crippen LogP contribution in [-0.2, 0) is 6.42 Å². The lowest BCUT2D eigenvalue weighted by Gasteiger charge is -2.07. The van der Waals surface area contributed by atoms with Gasteiger partial charge in [0.05, 0.1) is 4.47 Å². The van der Waals surface area contributed by atoms with Crippen molar-refractivity contribution in [2.45, 2.75) is 20.3 Å². The van der Waals surface area contributed by atoms with Gasteiger partial charge >= 0.3 is 0 Å². The van der Waals surface area contributed by atoms with Crippen molar-refractivity contribution in [2.75, 3.05) is 0 Å². The van der Waals surface area contributed by atoms with E-state index >= 15 is 0 Å². The summed E-state index contributed by atoms with van der Waals surface area (Å²) < 4.78 is 13.7. The molecule has 19 heavy (non-hydrogen) atoms. The van der Waals surface area contributed by atoms with Gasteiger partial charge in [0.1, 0.15) is 11.5 Å². The molecule has 0 aliphatic heterocycles. The van der Waals surface area contributed by atoms with Crippen LogP contribution in [0.4, 0.5) is 4.39 Å². The average Bonchev–Trinajstić information content (AvgIpc) is 2.34. The van der Waals surface area contributed by atoms with Gasteiger partial charge in [-0.3, -0.25) is 9.78 Å². The average molecular weight is 322 g/mol. The van der Waals surface area contributed by atoms with E-state index < -0.39 is 0 Å². The Labute approximate surface area is 119 Å². The van der Waals surface area contributed by atoms with Crippen molar-refractivity contribution >= 4 is 21.7 Å². The molecule has 0 saturated heterocycles. The summed E-state index contributed by atoms with van der Waals surface area (Å²) in [6.45, 7) is 3.78. The molecule has 0 radical (unpaired) electrons. The van der Waals surface area contributed by atoms with Crippen LogP contribution in [-0.4, -0.2) is 10.8 Å². The molecule has 98 valence electrons. The van der Waals surface area contributed by atoms with E-state index in [2.05, 4.69) is 20.9 Å². The molecule has 1 heterocycles. The number of nitrogens with zero attached hydrogens (tertiary/aromatic N) is 1. The minimum atomic E-state index is -0.362. The normalized spacial score (nSPS) is 10.5. The minimum absolute atomic E-state index is 0.108. The molecule has 0 amide bonds. The van der Waals surface area contributed by atoms with E-state index in [1.165, 1.54) is 6.07 Å². The zero-order valence-electron chi connectivity index (χ0n) is 10.7. The largest absolute Gasteiger partial charge is 0.292 e. The minimum Gasteiger partial charge on any atom is -0.292 e. The van der Waals surface area contributed by atoms with E-state index in [1.54, 1.807) is 18.3 Å². The van der Waals surface area contributed by atoms with Crippen LogP contribution in [0.2, 0.25) is 0 Å². The molecule has 0 saturated carbocycles. The van der Waals surface area contributed by atoms with E-state index in [4.69, 9.17) is 0 Å². The SMILES string of the molecule is Cc1cnc(C(=O)Cc2cccc(F)c2Br)c(C)c1. The summed E-state index contributed by atoms with van der Waals surface area (Å²) in [4.78, 5) is 16.4. The van der Waals surface area contributed by atoms with Crippen molar-refractivity contribution in [2.24, 2.45) is 0 Å². The molecule has 0 N–H and O–H groups in total. The van der Waals surface area contributed by atoms with Crippen LogP contribution in [0.3, 0.4) is 0 Å². The molecule has 0 aliphatic rings. The van der Waals surface area contributed by atoms with E-state index in [1.807, 2.05) is 19.9 Å². The number of pyridine rings is 1. The maximum atomic E-state index is 13.4. The highest BCUT2D eigenvalue weighted by molar-refractivity contribution is 9.10. The number of Topliss-reactive ketones (excluding diaryl/α,β-unsaturated/α-hetero) is 1. The van der Waals surface area contributed by atoms with Crippen LogP contribution in [0.25, 0.3) is 0 Å². The molecule has 0 fully saturated rings. The zero-order chi connectivity index (χ0) is 14.0. The third-order valence-corrected chi connectivity index (χ3v) is 3.75. The van der Waals surface area contributed by atoms with Gasteiger partial charge in [0.2, 0.25) is 0 Å². The second-order valence-corrected chi connectivity index (χ2v) is 5.28. The Morgan fingerprint density at radius 3 is 2.79 bits per heavy atom. The molecule has 2 rings (SSSR count). The molecule has 2 nitrogen and oxygen atoms in total. The summed E-state index contributed by atoms with van der Waals surface area (Å²) in [5, 5.41) is 0. The Bertz CT molecular complexity index is 640. The van der Waals surface area contributed by atoms with Crippen molar-refractivity contribution in [3.8, 4) is 0 Å². The van der Waals surface area contributed by atoms with E-state index in [9.17, 15) is 9.18 Å². The number of aromatic nitrogens is 1. The number of rotatable bonds is 3. The van der Waals surface area contributed by atoms with Crippen molar-refractivity contribution in [3.05, 3.63) is 63.1 Å². The maximum absolute atomic E-state index is 13.4. The summed E-state index contributed by atoms with van der Waals surface area (Å²) in [5.41, 5.74) is 2.94. The van der Waals surface area contributed by atoms with Crippen molar-refractivity contribution < 1.29 is 9.18 Å². The van der Waals surface area contributed by atoms with Crippen LogP contribution in [0.5, 0.6) is 0 Å². The van der Waals surface area contributed by atoms with Crippen LogP contribution in [0, 0.1) is 19.7 Å². The fraction of sp³-hybridized carbons (Fsp3) is 0.200. The van der Waals surface area contributed by atoms with Gasteiger partial charge in [0, 0.05) is 12.6 Å². The highest BCUT2D eigenvalue weighted by Gasteiger charge is 2.14. The number of carbonyl (C=O) groups excluding carboxylic acids is 1. The van der Waals surface area contributed by atoms with Crippen molar-refractivity contribution in [3.63, 3.8) is 0 Å². The first-order valence-corrected chi connectivity index (χ1v) is 6.67. The molecule has 1 aromatic heterocycles. The molecule has 0 bridgehead atoms. The van der Waals surface area contributed by atoms with E-state index in [0.29, 0.717) is 15.7 Å². The summed E-state index contributed by atoms with van der Waals surface area (Å²) in [5.74, 6) is -0.470. The molecule has 4 heteroatoms. The van der Waals surface area contributed by atoms with Crippen molar-refractivity contribution in [1.82, 2.24) is 4.98 Å². The van der Waals surface area contributed by atoms with Gasteiger partial charge in [-0.05, 0) is 52.5 Å². The predicted molar refractivity (Wildman–Crippen MR) is 75.8 cm³/mol. The highest BCUT2D eigenvalue weighted by Crippen LogP contribution is 2.22. The Morgan fingerprint density at radius 1 is 1.37 bits per heavy atom. The van der Waals surface area contributed by atoms with Gasteiger partial charge < -0.3 is 0 Å². The van der Waals surface area contributed by atoms with Gasteiger partial charge in [-0.15, -0.1) is 0 Å². The number of halogens is 2. The summed E-state index contributed by atoms with van der Waals surface area (Å²) in [6.07, 6.45) is 1.80. The smallest absolute Gasteiger partial charge is 0.185 e. The molecule has 0 atom stereocenters. The number of ketones is 1. The summed E-state index contributed by atoms with van der Waals surface area (Å²) in [6, 6.07) is 6.60. The maximum Gasteiger partial charge on any atom is 0.185 e. The van der Waals surface area contributed by atoms with Crippen molar-refractivity contribution in [1.29, 1.82) is 0 Å². The number of hydrogen-bond acceptors (Lipinski definition) is 2. The number of benzene rings is 1. The molecular formula is C15H13BrFNO. The standard InChI is InChI=1S/C15H13BrFNO/c1-9-6-10(2)15(18-8-9)13(19)7-11-4-3-5-12(17)14(11)16/h3-6,8H,7H2,1-2H3. The molecule has 0 spiro atoms. The topological polar surface area (TPSA) is 30.0 Å². The number of aryl methyl sites for hydroxylation is 2. The molecule has 0 aliphatic carbocycles. The summed E-state index contributed by atoms with van der Waals surface area (Å²) in [7, 11) is 0. The third-order valence-electron chi connectivity index (χ3n) is 2.86. The first-order valence-electron chi connectivity index (χ1n) is 5.88. The monoisotopic (exact) mass is 321 g/mol. The molecule has 1 aromatic carbocycles. The quantitative estimate of drug-likeness (QED) is 0.799. The second-order valence-electron chi connectivity index (χ2n) is 4.49. The fourth-order valence-electron chi connectivity index (χ4n) is 1.95. The van der Waals surface area contributed by atoms with Crippen LogP contribution in [0.15, 0.2) is 34.9 Å². The fourth-order valence-corrected chi connectivity index (χ4v) is 2.35. The highest BCUT2D eigenvalue weighted by atomic mass is 79.9. The predicted octanol–water partition coefficient (Wildman–Crippen LogP) is 4.03. The lowest BCUT2D eigenvalue weighted by Crippen LogP contribution is -2.09. The van der Waals surface area contributed by atoms with Crippen LogP contribution in [0.1, 0.15) is 27.2 Å². The Kier molecular flexibility index (Phi) is 4.10. The molecule has 0 unspecified atom stereocenters. The van der Waals surface area contributed by atoms with Gasteiger partial charge in [-0.2, -0.15) is 0 Å². The molecular weight excluding hydrogens is 309 g/mol. The first-order chi connectivity index (χ1) is 8.99. The van der Waals surface area contributed by atoms with Crippen LogP contribution >= 0.6 is 15.9 Å². The van der Waals surface area contributed by atoms with Gasteiger partial charge in [-0.1, -0.05) is 18.2 Å². The lowest BCUT2D eigenvalue weighted by molar-refractivity contribution is 0.0987. The number of hydrogen-bond donors (Lipinski definition) is 0. The Morgan fingerprint density at radius 2 is 2.11 bits per heavy atom. The van der Waals surface area contributed by atoms with Gasteiger partial charge in [-0.25, -0.2) is 4.39 Å².